The van der Waals surface area contributed by atoms with E-state index in [-0.39, 0.29) is 17.1 Å². The number of carbonyl (C=O) groups is 2. The summed E-state index contributed by atoms with van der Waals surface area (Å²) in [5.41, 5.74) is -0.291. The van der Waals surface area contributed by atoms with E-state index >= 15 is 0 Å². The SMILES string of the molecule is CCOC(=O)[C@@]1(NC(=O)c2ccccc2)C[C@@H]1SC. The summed E-state index contributed by atoms with van der Waals surface area (Å²) in [6.07, 6.45) is 2.56. The van der Waals surface area contributed by atoms with E-state index in [1.165, 1.54) is 0 Å². The van der Waals surface area contributed by atoms with E-state index in [1.54, 1.807) is 43.0 Å². The third-order valence-corrected chi connectivity index (χ3v) is 4.33. The standard InChI is InChI=1S/C14H17NO3S/c1-3-18-13(17)14(9-11(14)19-2)15-12(16)10-7-5-4-6-8-10/h4-8,11H,3,9H2,1-2H3,(H,15,16)/t11-,14+/m0/s1. The number of carbonyl (C=O) groups excluding carboxylic acids is 2. The molecule has 1 aliphatic carbocycles. The van der Waals surface area contributed by atoms with Crippen LogP contribution in [0.4, 0.5) is 0 Å². The van der Waals surface area contributed by atoms with Crippen LogP contribution in [0.5, 0.6) is 0 Å². The van der Waals surface area contributed by atoms with E-state index in [9.17, 15) is 9.59 Å². The summed E-state index contributed by atoms with van der Waals surface area (Å²) in [6, 6.07) is 8.89. The highest BCUT2D eigenvalue weighted by Gasteiger charge is 2.62. The Morgan fingerprint density at radius 1 is 1.42 bits per heavy atom. The maximum atomic E-state index is 12.1. The van der Waals surface area contributed by atoms with Crippen molar-refractivity contribution >= 4 is 23.6 Å². The second-order valence-corrected chi connectivity index (χ2v) is 5.48. The molecule has 2 rings (SSSR count). The van der Waals surface area contributed by atoms with Gasteiger partial charge in [0, 0.05) is 10.8 Å². The van der Waals surface area contributed by atoms with Crippen molar-refractivity contribution in [2.75, 3.05) is 12.9 Å². The Kier molecular flexibility index (Phi) is 4.14. The van der Waals surface area contributed by atoms with Crippen LogP contribution in [0.25, 0.3) is 0 Å². The van der Waals surface area contributed by atoms with Gasteiger partial charge in [-0.25, -0.2) is 4.79 Å². The minimum absolute atomic E-state index is 0.0965. The molecule has 0 aliphatic heterocycles. The van der Waals surface area contributed by atoms with Gasteiger partial charge in [-0.3, -0.25) is 4.79 Å². The lowest BCUT2D eigenvalue weighted by Gasteiger charge is -2.17. The third-order valence-electron chi connectivity index (χ3n) is 3.19. The molecule has 1 aliphatic rings. The molecule has 1 aromatic carbocycles. The molecule has 0 saturated heterocycles. The van der Waals surface area contributed by atoms with Crippen LogP contribution in [0.2, 0.25) is 0 Å². The first-order valence-corrected chi connectivity index (χ1v) is 7.50. The lowest BCUT2D eigenvalue weighted by molar-refractivity contribution is -0.146. The van der Waals surface area contributed by atoms with Gasteiger partial charge in [0.2, 0.25) is 0 Å². The van der Waals surface area contributed by atoms with Crippen LogP contribution in [0.1, 0.15) is 23.7 Å². The molecular weight excluding hydrogens is 262 g/mol. The summed E-state index contributed by atoms with van der Waals surface area (Å²) in [5.74, 6) is -0.566. The molecule has 4 nitrogen and oxygen atoms in total. The predicted molar refractivity (Wildman–Crippen MR) is 75.2 cm³/mol. The van der Waals surface area contributed by atoms with E-state index in [0.29, 0.717) is 18.6 Å². The largest absolute Gasteiger partial charge is 0.464 e. The van der Waals surface area contributed by atoms with Crippen molar-refractivity contribution in [2.45, 2.75) is 24.1 Å². The van der Waals surface area contributed by atoms with Crippen LogP contribution in [0.3, 0.4) is 0 Å². The van der Waals surface area contributed by atoms with Gasteiger partial charge in [0.15, 0.2) is 5.54 Å². The summed E-state index contributed by atoms with van der Waals surface area (Å²) in [4.78, 5) is 24.2. The van der Waals surface area contributed by atoms with Crippen LogP contribution in [-0.2, 0) is 9.53 Å². The first-order chi connectivity index (χ1) is 9.14. The molecule has 19 heavy (non-hydrogen) atoms. The minimum Gasteiger partial charge on any atom is -0.464 e. The van der Waals surface area contributed by atoms with Crippen LogP contribution in [0.15, 0.2) is 30.3 Å². The fraction of sp³-hybridized carbons (Fsp3) is 0.429. The Hall–Kier alpha value is -1.49. The average Bonchev–Trinajstić information content (AvgIpc) is 3.14. The second-order valence-electron chi connectivity index (χ2n) is 4.44. The molecule has 1 aromatic rings. The first-order valence-electron chi connectivity index (χ1n) is 6.21. The highest BCUT2D eigenvalue weighted by Crippen LogP contribution is 2.45. The van der Waals surface area contributed by atoms with Crippen molar-refractivity contribution in [1.29, 1.82) is 0 Å². The molecule has 0 spiro atoms. The highest BCUT2D eigenvalue weighted by atomic mass is 32.2. The van der Waals surface area contributed by atoms with E-state index in [2.05, 4.69) is 5.32 Å². The van der Waals surface area contributed by atoms with Gasteiger partial charge in [0.1, 0.15) is 0 Å². The highest BCUT2D eigenvalue weighted by molar-refractivity contribution is 7.99. The Morgan fingerprint density at radius 2 is 2.11 bits per heavy atom. The lowest BCUT2D eigenvalue weighted by Crippen LogP contribution is -2.46. The van der Waals surface area contributed by atoms with Crippen molar-refractivity contribution in [3.8, 4) is 0 Å². The maximum Gasteiger partial charge on any atom is 0.333 e. The Balaban J connectivity index is 2.11. The summed E-state index contributed by atoms with van der Waals surface area (Å²) < 4.78 is 5.07. The Bertz CT molecular complexity index is 477. The molecule has 5 heteroatoms. The molecule has 1 amide bonds. The smallest absolute Gasteiger partial charge is 0.333 e. The average molecular weight is 279 g/mol. The predicted octanol–water partition coefficient (Wildman–Crippen LogP) is 1.85. The quantitative estimate of drug-likeness (QED) is 0.836. The molecule has 0 unspecified atom stereocenters. The summed E-state index contributed by atoms with van der Waals surface area (Å²) in [7, 11) is 0. The van der Waals surface area contributed by atoms with Crippen LogP contribution in [-0.4, -0.2) is 35.5 Å². The van der Waals surface area contributed by atoms with Crippen molar-refractivity contribution < 1.29 is 14.3 Å². The number of esters is 1. The molecule has 1 N–H and O–H groups in total. The molecule has 0 heterocycles. The molecule has 2 atom stereocenters. The van der Waals surface area contributed by atoms with Gasteiger partial charge < -0.3 is 10.1 Å². The third kappa shape index (κ3) is 2.76. The summed E-state index contributed by atoms with van der Waals surface area (Å²) >= 11 is 1.57. The van der Waals surface area contributed by atoms with Crippen LogP contribution in [0, 0.1) is 0 Å². The van der Waals surface area contributed by atoms with Gasteiger partial charge in [-0.2, -0.15) is 11.8 Å². The van der Waals surface area contributed by atoms with Gasteiger partial charge in [0.25, 0.3) is 5.91 Å². The normalized spacial score (nSPS) is 24.6. The van der Waals surface area contributed by atoms with Crippen molar-refractivity contribution in [3.05, 3.63) is 35.9 Å². The first kappa shape index (κ1) is 13.9. The molecule has 0 aromatic heterocycles. The Morgan fingerprint density at radius 3 is 2.63 bits per heavy atom. The Labute approximate surface area is 116 Å². The number of thioether (sulfide) groups is 1. The van der Waals surface area contributed by atoms with Crippen molar-refractivity contribution in [2.24, 2.45) is 0 Å². The van der Waals surface area contributed by atoms with Gasteiger partial charge in [-0.05, 0) is 31.7 Å². The minimum atomic E-state index is -0.845. The maximum absolute atomic E-state index is 12.1. The van der Waals surface area contributed by atoms with Gasteiger partial charge in [-0.1, -0.05) is 18.2 Å². The fourth-order valence-electron chi connectivity index (χ4n) is 2.04. The van der Waals surface area contributed by atoms with Crippen LogP contribution >= 0.6 is 11.8 Å². The number of hydrogen-bond donors (Lipinski definition) is 1. The van der Waals surface area contributed by atoms with E-state index in [4.69, 9.17) is 4.74 Å². The number of ether oxygens (including phenoxy) is 1. The lowest BCUT2D eigenvalue weighted by atomic mass is 10.2. The molecule has 1 fully saturated rings. The molecular formula is C14H17NO3S. The number of hydrogen-bond acceptors (Lipinski definition) is 4. The number of benzene rings is 1. The van der Waals surface area contributed by atoms with E-state index < -0.39 is 5.54 Å². The summed E-state index contributed by atoms with van der Waals surface area (Å²) in [5, 5.41) is 2.93. The monoisotopic (exact) mass is 279 g/mol. The van der Waals surface area contributed by atoms with Gasteiger partial charge in [0.05, 0.1) is 6.61 Å². The zero-order valence-corrected chi connectivity index (χ0v) is 11.8. The van der Waals surface area contributed by atoms with E-state index in [1.807, 2.05) is 12.3 Å². The summed E-state index contributed by atoms with van der Waals surface area (Å²) in [6.45, 7) is 2.09. The van der Waals surface area contributed by atoms with Crippen molar-refractivity contribution in [3.63, 3.8) is 0 Å². The van der Waals surface area contributed by atoms with Crippen molar-refractivity contribution in [1.82, 2.24) is 5.32 Å². The molecule has 0 bridgehead atoms. The molecule has 0 radical (unpaired) electrons. The molecule has 102 valence electrons. The van der Waals surface area contributed by atoms with Gasteiger partial charge >= 0.3 is 5.97 Å². The van der Waals surface area contributed by atoms with Gasteiger partial charge in [-0.15, -0.1) is 0 Å². The topological polar surface area (TPSA) is 55.4 Å². The van der Waals surface area contributed by atoms with E-state index in [0.717, 1.165) is 0 Å². The fourth-order valence-corrected chi connectivity index (χ4v) is 3.03. The molecule has 1 saturated carbocycles. The zero-order chi connectivity index (χ0) is 13.9. The zero-order valence-electron chi connectivity index (χ0n) is 11.0. The number of rotatable bonds is 5. The van der Waals surface area contributed by atoms with Crippen LogP contribution < -0.4 is 5.32 Å². The number of nitrogens with one attached hydrogen (secondary N) is 1. The second kappa shape index (κ2) is 5.65. The number of amides is 1.